The van der Waals surface area contributed by atoms with Crippen molar-refractivity contribution in [3.63, 3.8) is 0 Å². The number of fused-ring (bicyclic) bond motifs is 1. The van der Waals surface area contributed by atoms with Gasteiger partial charge in [0.2, 0.25) is 11.7 Å². The van der Waals surface area contributed by atoms with E-state index in [0.29, 0.717) is 32.0 Å². The standard InChI is InChI=1S/C12H14F2N6O/c1-8(21)18-4-6-19(7-5-18)10-3-2-9-15-16-12(11(13)14)20(9)17-10/h2-3,11H,4-7H2,1H3. The number of carbonyl (C=O) groups is 1. The normalized spacial score (nSPS) is 16.0. The third-order valence-corrected chi connectivity index (χ3v) is 3.52. The van der Waals surface area contributed by atoms with Crippen LogP contribution in [0.15, 0.2) is 12.1 Å². The van der Waals surface area contributed by atoms with Gasteiger partial charge in [0.25, 0.3) is 6.43 Å². The molecule has 21 heavy (non-hydrogen) atoms. The molecule has 0 atom stereocenters. The van der Waals surface area contributed by atoms with Crippen LogP contribution in [0.3, 0.4) is 0 Å². The Morgan fingerprint density at radius 2 is 1.90 bits per heavy atom. The molecule has 112 valence electrons. The molecule has 9 heteroatoms. The number of nitrogens with zero attached hydrogens (tertiary/aromatic N) is 6. The van der Waals surface area contributed by atoms with E-state index in [1.54, 1.807) is 17.0 Å². The second-order valence-corrected chi connectivity index (χ2v) is 4.81. The maximum atomic E-state index is 12.8. The fourth-order valence-corrected chi connectivity index (χ4v) is 2.35. The van der Waals surface area contributed by atoms with E-state index >= 15 is 0 Å². The summed E-state index contributed by atoms with van der Waals surface area (Å²) in [7, 11) is 0. The van der Waals surface area contributed by atoms with Crippen LogP contribution in [0.2, 0.25) is 0 Å². The molecular formula is C12H14F2N6O. The molecule has 0 N–H and O–H groups in total. The highest BCUT2D eigenvalue weighted by Crippen LogP contribution is 2.19. The van der Waals surface area contributed by atoms with Gasteiger partial charge in [0.1, 0.15) is 5.82 Å². The van der Waals surface area contributed by atoms with Crippen LogP contribution in [-0.4, -0.2) is 56.8 Å². The van der Waals surface area contributed by atoms with Gasteiger partial charge in [-0.05, 0) is 12.1 Å². The van der Waals surface area contributed by atoms with Crippen molar-refractivity contribution >= 4 is 17.4 Å². The highest BCUT2D eigenvalue weighted by Gasteiger charge is 2.22. The monoisotopic (exact) mass is 296 g/mol. The SMILES string of the molecule is CC(=O)N1CCN(c2ccc3nnc(C(F)F)n3n2)CC1. The molecule has 7 nitrogen and oxygen atoms in total. The van der Waals surface area contributed by atoms with E-state index in [1.165, 1.54) is 6.92 Å². The number of aromatic nitrogens is 4. The minimum Gasteiger partial charge on any atom is -0.352 e. The molecule has 2 aromatic rings. The minimum absolute atomic E-state index is 0.0388. The number of piperazine rings is 1. The quantitative estimate of drug-likeness (QED) is 0.817. The fourth-order valence-electron chi connectivity index (χ4n) is 2.35. The molecule has 0 radical (unpaired) electrons. The minimum atomic E-state index is -2.72. The Morgan fingerprint density at radius 1 is 1.19 bits per heavy atom. The highest BCUT2D eigenvalue weighted by molar-refractivity contribution is 5.73. The van der Waals surface area contributed by atoms with Gasteiger partial charge in [-0.2, -0.15) is 4.52 Å². The Kier molecular flexibility index (Phi) is 3.40. The number of carbonyl (C=O) groups excluding carboxylic acids is 1. The summed E-state index contributed by atoms with van der Waals surface area (Å²) in [6.07, 6.45) is -2.72. The lowest BCUT2D eigenvalue weighted by Crippen LogP contribution is -2.48. The second-order valence-electron chi connectivity index (χ2n) is 4.81. The first-order valence-electron chi connectivity index (χ1n) is 6.57. The molecule has 0 unspecified atom stereocenters. The van der Waals surface area contributed by atoms with E-state index < -0.39 is 12.2 Å². The largest absolute Gasteiger partial charge is 0.352 e. The lowest BCUT2D eigenvalue weighted by Gasteiger charge is -2.34. The van der Waals surface area contributed by atoms with Crippen LogP contribution >= 0.6 is 0 Å². The Hall–Kier alpha value is -2.32. The molecule has 2 aromatic heterocycles. The Labute approximate surface area is 119 Å². The topological polar surface area (TPSA) is 66.6 Å². The Bertz CT molecular complexity index is 665. The van der Waals surface area contributed by atoms with Crippen molar-refractivity contribution < 1.29 is 13.6 Å². The molecule has 3 heterocycles. The van der Waals surface area contributed by atoms with Crippen molar-refractivity contribution in [2.75, 3.05) is 31.1 Å². The summed E-state index contributed by atoms with van der Waals surface area (Å²) in [5.74, 6) is 0.151. The lowest BCUT2D eigenvalue weighted by atomic mass is 10.3. The summed E-state index contributed by atoms with van der Waals surface area (Å²) in [4.78, 5) is 15.0. The number of hydrogen-bond donors (Lipinski definition) is 0. The molecule has 0 bridgehead atoms. The van der Waals surface area contributed by atoms with E-state index in [-0.39, 0.29) is 11.6 Å². The summed E-state index contributed by atoms with van der Waals surface area (Å²) in [5.41, 5.74) is 0.288. The van der Waals surface area contributed by atoms with Gasteiger partial charge in [-0.15, -0.1) is 15.3 Å². The van der Waals surface area contributed by atoms with E-state index in [1.807, 2.05) is 4.90 Å². The van der Waals surface area contributed by atoms with Gasteiger partial charge < -0.3 is 9.80 Å². The first kappa shape index (κ1) is 13.7. The third-order valence-electron chi connectivity index (χ3n) is 3.52. The molecular weight excluding hydrogens is 282 g/mol. The number of halogens is 2. The van der Waals surface area contributed by atoms with Gasteiger partial charge in [0.05, 0.1) is 0 Å². The molecule has 1 fully saturated rings. The van der Waals surface area contributed by atoms with Crippen molar-refractivity contribution in [1.82, 2.24) is 24.7 Å². The molecule has 1 amide bonds. The van der Waals surface area contributed by atoms with Crippen molar-refractivity contribution in [1.29, 1.82) is 0 Å². The number of anilines is 1. The van der Waals surface area contributed by atoms with Crippen molar-refractivity contribution in [3.05, 3.63) is 18.0 Å². The van der Waals surface area contributed by atoms with E-state index in [2.05, 4.69) is 15.3 Å². The maximum Gasteiger partial charge on any atom is 0.299 e. The summed E-state index contributed by atoms with van der Waals surface area (Å²) in [6, 6.07) is 3.33. The summed E-state index contributed by atoms with van der Waals surface area (Å²) in [6.45, 7) is 3.96. The molecule has 0 spiro atoms. The van der Waals surface area contributed by atoms with Crippen LogP contribution in [0.4, 0.5) is 14.6 Å². The number of alkyl halides is 2. The molecule has 1 saturated heterocycles. The predicted molar refractivity (Wildman–Crippen MR) is 70.2 cm³/mol. The first-order chi connectivity index (χ1) is 10.1. The van der Waals surface area contributed by atoms with Crippen molar-refractivity contribution in [2.45, 2.75) is 13.3 Å². The molecule has 0 saturated carbocycles. The van der Waals surface area contributed by atoms with Crippen LogP contribution < -0.4 is 4.90 Å². The van der Waals surface area contributed by atoms with Crippen LogP contribution in [0.25, 0.3) is 5.65 Å². The number of amides is 1. The first-order valence-corrected chi connectivity index (χ1v) is 6.57. The zero-order valence-electron chi connectivity index (χ0n) is 11.4. The van der Waals surface area contributed by atoms with E-state index in [0.717, 1.165) is 4.52 Å². The third kappa shape index (κ3) is 2.50. The average molecular weight is 296 g/mol. The van der Waals surface area contributed by atoms with Gasteiger partial charge in [-0.1, -0.05) is 0 Å². The van der Waals surface area contributed by atoms with Gasteiger partial charge in [0, 0.05) is 33.1 Å². The van der Waals surface area contributed by atoms with Gasteiger partial charge in [-0.25, -0.2) is 8.78 Å². The van der Waals surface area contributed by atoms with Gasteiger partial charge in [0.15, 0.2) is 5.65 Å². The molecule has 1 aliphatic heterocycles. The fraction of sp³-hybridized carbons (Fsp3) is 0.500. The Balaban J connectivity index is 1.84. The van der Waals surface area contributed by atoms with Gasteiger partial charge in [-0.3, -0.25) is 4.79 Å². The number of hydrogen-bond acceptors (Lipinski definition) is 5. The molecule has 1 aliphatic rings. The van der Waals surface area contributed by atoms with E-state index in [4.69, 9.17) is 0 Å². The summed E-state index contributed by atoms with van der Waals surface area (Å²) >= 11 is 0. The van der Waals surface area contributed by atoms with Gasteiger partial charge >= 0.3 is 0 Å². The summed E-state index contributed by atoms with van der Waals surface area (Å²) < 4.78 is 26.7. The summed E-state index contributed by atoms with van der Waals surface area (Å²) in [5, 5.41) is 11.3. The molecule has 3 rings (SSSR count). The van der Waals surface area contributed by atoms with E-state index in [9.17, 15) is 13.6 Å². The highest BCUT2D eigenvalue weighted by atomic mass is 19.3. The number of rotatable bonds is 2. The predicted octanol–water partition coefficient (Wildman–Crippen LogP) is 0.730. The van der Waals surface area contributed by atoms with Crippen LogP contribution in [0.1, 0.15) is 19.2 Å². The van der Waals surface area contributed by atoms with Crippen molar-refractivity contribution in [3.8, 4) is 0 Å². The zero-order chi connectivity index (χ0) is 15.0. The van der Waals surface area contributed by atoms with Crippen LogP contribution in [0.5, 0.6) is 0 Å². The average Bonchev–Trinajstić information content (AvgIpc) is 2.90. The maximum absolute atomic E-state index is 12.8. The zero-order valence-corrected chi connectivity index (χ0v) is 11.4. The lowest BCUT2D eigenvalue weighted by molar-refractivity contribution is -0.129. The second kappa shape index (κ2) is 5.23. The molecule has 0 aliphatic carbocycles. The van der Waals surface area contributed by atoms with Crippen LogP contribution in [0, 0.1) is 0 Å². The Morgan fingerprint density at radius 3 is 2.52 bits per heavy atom. The van der Waals surface area contributed by atoms with Crippen molar-refractivity contribution in [2.24, 2.45) is 0 Å². The molecule has 0 aromatic carbocycles. The smallest absolute Gasteiger partial charge is 0.299 e. The van der Waals surface area contributed by atoms with Crippen LogP contribution in [-0.2, 0) is 4.79 Å².